The Hall–Kier alpha value is -2.27. The van der Waals surface area contributed by atoms with Gasteiger partial charge in [-0.15, -0.1) is 0 Å². The SMILES string of the molecule is COc1ccc(CCCN(C)C(=S)Nc2ccc(C)c(C)c2)cc1OC. The average molecular weight is 373 g/mol. The van der Waals surface area contributed by atoms with Crippen molar-refractivity contribution in [2.45, 2.75) is 26.7 Å². The first-order valence-electron chi connectivity index (χ1n) is 8.75. The average Bonchev–Trinajstić information content (AvgIpc) is 2.64. The van der Waals surface area contributed by atoms with Crippen molar-refractivity contribution < 1.29 is 9.47 Å². The Morgan fingerprint density at radius 1 is 1.00 bits per heavy atom. The molecule has 0 aliphatic rings. The largest absolute Gasteiger partial charge is 0.493 e. The van der Waals surface area contributed by atoms with E-state index in [2.05, 4.69) is 48.3 Å². The molecule has 0 bridgehead atoms. The van der Waals surface area contributed by atoms with Crippen LogP contribution in [0, 0.1) is 13.8 Å². The Balaban J connectivity index is 1.85. The number of hydrogen-bond donors (Lipinski definition) is 1. The highest BCUT2D eigenvalue weighted by Crippen LogP contribution is 2.28. The van der Waals surface area contributed by atoms with Crippen LogP contribution in [-0.2, 0) is 6.42 Å². The summed E-state index contributed by atoms with van der Waals surface area (Å²) in [6.07, 6.45) is 1.96. The van der Waals surface area contributed by atoms with Crippen LogP contribution in [0.1, 0.15) is 23.1 Å². The van der Waals surface area contributed by atoms with Crippen molar-refractivity contribution in [3.63, 3.8) is 0 Å². The molecule has 0 unspecified atom stereocenters. The summed E-state index contributed by atoms with van der Waals surface area (Å²) in [5, 5.41) is 4.05. The van der Waals surface area contributed by atoms with Crippen molar-refractivity contribution in [2.24, 2.45) is 0 Å². The van der Waals surface area contributed by atoms with E-state index in [9.17, 15) is 0 Å². The first-order chi connectivity index (χ1) is 12.4. The predicted octanol–water partition coefficient (Wildman–Crippen LogP) is 4.58. The number of thiocarbonyl (C=S) groups is 1. The number of anilines is 1. The zero-order valence-electron chi connectivity index (χ0n) is 16.3. The maximum Gasteiger partial charge on any atom is 0.173 e. The molecular weight excluding hydrogens is 344 g/mol. The van der Waals surface area contributed by atoms with Gasteiger partial charge in [0.15, 0.2) is 16.6 Å². The van der Waals surface area contributed by atoms with Gasteiger partial charge in [0.05, 0.1) is 14.2 Å². The lowest BCUT2D eigenvalue weighted by Crippen LogP contribution is -2.32. The van der Waals surface area contributed by atoms with Gasteiger partial charge in [-0.05, 0) is 79.9 Å². The first-order valence-corrected chi connectivity index (χ1v) is 9.15. The molecule has 0 fully saturated rings. The van der Waals surface area contributed by atoms with Crippen LogP contribution in [0.15, 0.2) is 36.4 Å². The van der Waals surface area contributed by atoms with Crippen LogP contribution < -0.4 is 14.8 Å². The quantitative estimate of drug-likeness (QED) is 0.720. The lowest BCUT2D eigenvalue weighted by molar-refractivity contribution is 0.354. The van der Waals surface area contributed by atoms with Crippen molar-refractivity contribution >= 4 is 23.0 Å². The van der Waals surface area contributed by atoms with Crippen molar-refractivity contribution in [1.82, 2.24) is 4.90 Å². The molecule has 5 heteroatoms. The molecule has 0 heterocycles. The van der Waals surface area contributed by atoms with Gasteiger partial charge < -0.3 is 19.7 Å². The Bertz CT molecular complexity index is 762. The summed E-state index contributed by atoms with van der Waals surface area (Å²) in [5.74, 6) is 1.53. The molecular formula is C21H28N2O2S. The van der Waals surface area contributed by atoms with Crippen molar-refractivity contribution in [3.8, 4) is 11.5 Å². The fraction of sp³-hybridized carbons (Fsp3) is 0.381. The van der Waals surface area contributed by atoms with E-state index in [1.54, 1.807) is 14.2 Å². The first kappa shape index (κ1) is 20.0. The van der Waals surface area contributed by atoms with E-state index in [1.807, 2.05) is 19.2 Å². The van der Waals surface area contributed by atoms with Crippen LogP contribution in [0.4, 0.5) is 5.69 Å². The van der Waals surface area contributed by atoms with E-state index in [-0.39, 0.29) is 0 Å². The molecule has 0 radical (unpaired) electrons. The topological polar surface area (TPSA) is 33.7 Å². The molecule has 4 nitrogen and oxygen atoms in total. The second-order valence-corrected chi connectivity index (χ2v) is 6.83. The molecule has 1 N–H and O–H groups in total. The number of nitrogens with one attached hydrogen (secondary N) is 1. The molecule has 2 aromatic carbocycles. The van der Waals surface area contributed by atoms with Crippen LogP contribution in [0.2, 0.25) is 0 Å². The Morgan fingerprint density at radius 3 is 2.38 bits per heavy atom. The van der Waals surface area contributed by atoms with Gasteiger partial charge in [-0.1, -0.05) is 12.1 Å². The Kier molecular flexibility index (Phi) is 7.27. The molecule has 2 rings (SSSR count). The molecule has 0 saturated carbocycles. The molecule has 0 aliphatic carbocycles. The molecule has 2 aromatic rings. The summed E-state index contributed by atoms with van der Waals surface area (Å²) in [6, 6.07) is 12.4. The smallest absolute Gasteiger partial charge is 0.173 e. The van der Waals surface area contributed by atoms with Crippen LogP contribution in [0.25, 0.3) is 0 Å². The summed E-state index contributed by atoms with van der Waals surface area (Å²) < 4.78 is 10.6. The van der Waals surface area contributed by atoms with Gasteiger partial charge in [0, 0.05) is 19.3 Å². The maximum absolute atomic E-state index is 5.52. The van der Waals surface area contributed by atoms with Crippen LogP contribution in [0.5, 0.6) is 11.5 Å². The standard InChI is InChI=1S/C21H28N2O2S/c1-15-8-10-18(13-16(15)2)22-21(26)23(3)12-6-7-17-9-11-19(24-4)20(14-17)25-5/h8-11,13-14H,6-7,12H2,1-5H3,(H,22,26). The van der Waals surface area contributed by atoms with E-state index in [1.165, 1.54) is 16.7 Å². The summed E-state index contributed by atoms with van der Waals surface area (Å²) >= 11 is 5.52. The number of nitrogens with zero attached hydrogens (tertiary/aromatic N) is 1. The number of methoxy groups -OCH3 is 2. The van der Waals surface area contributed by atoms with Gasteiger partial charge in [-0.3, -0.25) is 0 Å². The number of rotatable bonds is 7. The van der Waals surface area contributed by atoms with Crippen molar-refractivity contribution in [2.75, 3.05) is 33.1 Å². The summed E-state index contributed by atoms with van der Waals surface area (Å²) in [4.78, 5) is 2.07. The lowest BCUT2D eigenvalue weighted by atomic mass is 10.1. The normalized spacial score (nSPS) is 10.3. The maximum atomic E-state index is 5.52. The number of benzene rings is 2. The minimum Gasteiger partial charge on any atom is -0.493 e. The van der Waals surface area contributed by atoms with E-state index in [4.69, 9.17) is 21.7 Å². The third-order valence-corrected chi connectivity index (χ3v) is 4.93. The fourth-order valence-electron chi connectivity index (χ4n) is 2.70. The van der Waals surface area contributed by atoms with E-state index < -0.39 is 0 Å². The van der Waals surface area contributed by atoms with Gasteiger partial charge in [0.25, 0.3) is 0 Å². The molecule has 0 amide bonds. The van der Waals surface area contributed by atoms with E-state index >= 15 is 0 Å². The highest BCUT2D eigenvalue weighted by atomic mass is 32.1. The minimum absolute atomic E-state index is 0.737. The van der Waals surface area contributed by atoms with Crippen molar-refractivity contribution in [3.05, 3.63) is 53.1 Å². The molecule has 0 saturated heterocycles. The van der Waals surface area contributed by atoms with E-state index in [0.29, 0.717) is 0 Å². The third-order valence-electron chi connectivity index (χ3n) is 4.51. The Morgan fingerprint density at radius 2 is 1.73 bits per heavy atom. The van der Waals surface area contributed by atoms with Gasteiger partial charge in [-0.25, -0.2) is 0 Å². The third kappa shape index (κ3) is 5.36. The van der Waals surface area contributed by atoms with Gasteiger partial charge in [-0.2, -0.15) is 0 Å². The zero-order chi connectivity index (χ0) is 19.1. The highest BCUT2D eigenvalue weighted by molar-refractivity contribution is 7.80. The monoisotopic (exact) mass is 372 g/mol. The summed E-state index contributed by atoms with van der Waals surface area (Å²) in [6.45, 7) is 5.10. The van der Waals surface area contributed by atoms with E-state index in [0.717, 1.165) is 41.7 Å². The molecule has 140 valence electrons. The van der Waals surface area contributed by atoms with Gasteiger partial charge in [0.1, 0.15) is 0 Å². The lowest BCUT2D eigenvalue weighted by Gasteiger charge is -2.21. The zero-order valence-corrected chi connectivity index (χ0v) is 17.1. The summed E-state index contributed by atoms with van der Waals surface area (Å²) in [5.41, 5.74) is 4.80. The predicted molar refractivity (Wildman–Crippen MR) is 113 cm³/mol. The number of ether oxygens (including phenoxy) is 2. The number of aryl methyl sites for hydroxylation is 3. The highest BCUT2D eigenvalue weighted by Gasteiger charge is 2.07. The second-order valence-electron chi connectivity index (χ2n) is 6.44. The fourth-order valence-corrected chi connectivity index (χ4v) is 2.91. The van der Waals surface area contributed by atoms with Gasteiger partial charge >= 0.3 is 0 Å². The molecule has 0 aliphatic heterocycles. The van der Waals surface area contributed by atoms with Crippen LogP contribution in [0.3, 0.4) is 0 Å². The second kappa shape index (κ2) is 9.43. The molecule has 26 heavy (non-hydrogen) atoms. The van der Waals surface area contributed by atoms with Crippen molar-refractivity contribution in [1.29, 1.82) is 0 Å². The number of hydrogen-bond acceptors (Lipinski definition) is 3. The van der Waals surface area contributed by atoms with Gasteiger partial charge in [0.2, 0.25) is 0 Å². The minimum atomic E-state index is 0.737. The molecule has 0 atom stereocenters. The van der Waals surface area contributed by atoms with Crippen LogP contribution in [-0.4, -0.2) is 37.8 Å². The molecule has 0 aromatic heterocycles. The molecule has 0 spiro atoms. The summed E-state index contributed by atoms with van der Waals surface area (Å²) in [7, 11) is 5.33. The Labute approximate surface area is 162 Å². The van der Waals surface area contributed by atoms with Crippen LogP contribution >= 0.6 is 12.2 Å².